The lowest BCUT2D eigenvalue weighted by Gasteiger charge is -2.06. The van der Waals surface area contributed by atoms with Gasteiger partial charge < -0.3 is 4.74 Å². The van der Waals surface area contributed by atoms with Crippen LogP contribution in [0.15, 0.2) is 18.3 Å². The van der Waals surface area contributed by atoms with Gasteiger partial charge in [0.15, 0.2) is 0 Å². The van der Waals surface area contributed by atoms with Gasteiger partial charge in [0.25, 0.3) is 0 Å². The number of sulfonamides is 1. The second-order valence-electron chi connectivity index (χ2n) is 2.98. The van der Waals surface area contributed by atoms with Crippen molar-refractivity contribution in [3.8, 4) is 0 Å². The van der Waals surface area contributed by atoms with Crippen molar-refractivity contribution in [2.75, 3.05) is 23.7 Å². The molecule has 0 amide bonds. The number of anilines is 1. The Balaban J connectivity index is 2.55. The van der Waals surface area contributed by atoms with Crippen LogP contribution in [0.3, 0.4) is 0 Å². The second kappa shape index (κ2) is 6.36. The number of hydrogen-bond acceptors (Lipinski definition) is 4. The van der Waals surface area contributed by atoms with E-state index in [1.54, 1.807) is 18.3 Å². The van der Waals surface area contributed by atoms with E-state index in [2.05, 4.69) is 32.3 Å². The van der Waals surface area contributed by atoms with E-state index < -0.39 is 10.0 Å². The Morgan fingerprint density at radius 2 is 2.25 bits per heavy atom. The molecule has 7 heteroatoms. The molecule has 0 aromatic carbocycles. The third-order valence-electron chi connectivity index (χ3n) is 1.69. The van der Waals surface area contributed by atoms with Crippen molar-refractivity contribution in [2.45, 2.75) is 6.92 Å². The second-order valence-corrected chi connectivity index (χ2v) is 6.07. The van der Waals surface area contributed by atoms with E-state index in [9.17, 15) is 8.42 Å². The summed E-state index contributed by atoms with van der Waals surface area (Å²) >= 11 is 2.10. The first kappa shape index (κ1) is 13.7. The maximum atomic E-state index is 11.5. The fourth-order valence-electron chi connectivity index (χ4n) is 0.960. The Morgan fingerprint density at radius 3 is 2.81 bits per heavy atom. The smallest absolute Gasteiger partial charge is 0.236 e. The summed E-state index contributed by atoms with van der Waals surface area (Å²) in [6.07, 6.45) is 1.60. The molecule has 0 atom stereocenters. The predicted octanol–water partition coefficient (Wildman–Crippen LogP) is 1.46. The van der Waals surface area contributed by atoms with Crippen LogP contribution in [0.2, 0.25) is 0 Å². The standard InChI is InChI=1S/C9H13IN2O3S/c1-2-15-5-6-16(13,14)12-9-4-3-8(10)7-11-9/h3-4,7H,2,5-6H2,1H3,(H,11,12). The quantitative estimate of drug-likeness (QED) is 0.619. The van der Waals surface area contributed by atoms with Gasteiger partial charge in [-0.15, -0.1) is 0 Å². The summed E-state index contributed by atoms with van der Waals surface area (Å²) < 4.78 is 31.4. The zero-order chi connectivity index (χ0) is 12.0. The molecule has 1 rings (SSSR count). The van der Waals surface area contributed by atoms with Crippen LogP contribution in [0, 0.1) is 3.57 Å². The van der Waals surface area contributed by atoms with E-state index in [4.69, 9.17) is 4.74 Å². The number of halogens is 1. The molecule has 1 aromatic heterocycles. The first-order valence-electron chi connectivity index (χ1n) is 4.73. The monoisotopic (exact) mass is 356 g/mol. The molecule has 0 fully saturated rings. The van der Waals surface area contributed by atoms with Crippen LogP contribution < -0.4 is 4.72 Å². The van der Waals surface area contributed by atoms with Crippen molar-refractivity contribution in [2.24, 2.45) is 0 Å². The lowest BCUT2D eigenvalue weighted by atomic mass is 10.5. The number of nitrogens with zero attached hydrogens (tertiary/aromatic N) is 1. The lowest BCUT2D eigenvalue weighted by molar-refractivity contribution is 0.163. The van der Waals surface area contributed by atoms with Crippen LogP contribution in [0.25, 0.3) is 0 Å². The fraction of sp³-hybridized carbons (Fsp3) is 0.444. The molecular formula is C9H13IN2O3S. The van der Waals surface area contributed by atoms with E-state index in [1.807, 2.05) is 6.92 Å². The molecule has 1 N–H and O–H groups in total. The number of aromatic nitrogens is 1. The molecule has 1 aromatic rings. The molecule has 5 nitrogen and oxygen atoms in total. The van der Waals surface area contributed by atoms with Crippen molar-refractivity contribution in [3.63, 3.8) is 0 Å². The minimum Gasteiger partial charge on any atom is -0.381 e. The van der Waals surface area contributed by atoms with E-state index in [0.29, 0.717) is 12.4 Å². The van der Waals surface area contributed by atoms with Crippen molar-refractivity contribution in [1.29, 1.82) is 0 Å². The summed E-state index contributed by atoms with van der Waals surface area (Å²) in [5.41, 5.74) is 0. The summed E-state index contributed by atoms with van der Waals surface area (Å²) in [7, 11) is -3.36. The highest BCUT2D eigenvalue weighted by atomic mass is 127. The summed E-state index contributed by atoms with van der Waals surface area (Å²) in [5.74, 6) is 0.269. The van der Waals surface area contributed by atoms with Gasteiger partial charge in [0.05, 0.1) is 12.4 Å². The molecule has 90 valence electrons. The van der Waals surface area contributed by atoms with Crippen molar-refractivity contribution in [3.05, 3.63) is 21.9 Å². The minimum atomic E-state index is -3.36. The molecule has 16 heavy (non-hydrogen) atoms. The van der Waals surface area contributed by atoms with E-state index >= 15 is 0 Å². The van der Waals surface area contributed by atoms with Gasteiger partial charge in [-0.2, -0.15) is 0 Å². The summed E-state index contributed by atoms with van der Waals surface area (Å²) in [6.45, 7) is 2.52. The van der Waals surface area contributed by atoms with Crippen LogP contribution >= 0.6 is 22.6 Å². The predicted molar refractivity (Wildman–Crippen MR) is 70.9 cm³/mol. The lowest BCUT2D eigenvalue weighted by Crippen LogP contribution is -2.20. The largest absolute Gasteiger partial charge is 0.381 e. The van der Waals surface area contributed by atoms with Crippen LogP contribution in [0.1, 0.15) is 6.92 Å². The van der Waals surface area contributed by atoms with Gasteiger partial charge in [-0.25, -0.2) is 13.4 Å². The zero-order valence-corrected chi connectivity index (χ0v) is 11.8. The van der Waals surface area contributed by atoms with Crippen molar-refractivity contribution < 1.29 is 13.2 Å². The summed E-state index contributed by atoms with van der Waals surface area (Å²) in [4.78, 5) is 3.95. The van der Waals surface area contributed by atoms with E-state index in [-0.39, 0.29) is 12.4 Å². The molecule has 0 unspecified atom stereocenters. The van der Waals surface area contributed by atoms with Gasteiger partial charge in [0, 0.05) is 16.4 Å². The normalized spacial score (nSPS) is 11.4. The van der Waals surface area contributed by atoms with Gasteiger partial charge in [0.1, 0.15) is 5.82 Å². The zero-order valence-electron chi connectivity index (χ0n) is 8.81. The number of hydrogen-bond donors (Lipinski definition) is 1. The molecule has 0 spiro atoms. The third-order valence-corrected chi connectivity index (χ3v) is 3.55. The van der Waals surface area contributed by atoms with Crippen LogP contribution in [-0.2, 0) is 14.8 Å². The Kier molecular flexibility index (Phi) is 5.42. The average molecular weight is 356 g/mol. The Hall–Kier alpha value is -0.410. The van der Waals surface area contributed by atoms with Crippen molar-refractivity contribution in [1.82, 2.24) is 4.98 Å². The molecule has 0 bridgehead atoms. The number of pyridine rings is 1. The van der Waals surface area contributed by atoms with E-state index in [0.717, 1.165) is 3.57 Å². The topological polar surface area (TPSA) is 68.3 Å². The van der Waals surface area contributed by atoms with Gasteiger partial charge in [-0.05, 0) is 41.6 Å². The first-order valence-corrected chi connectivity index (χ1v) is 7.46. The SMILES string of the molecule is CCOCCS(=O)(=O)Nc1ccc(I)cn1. The van der Waals surface area contributed by atoms with Crippen LogP contribution in [-0.4, -0.2) is 32.4 Å². The highest BCUT2D eigenvalue weighted by molar-refractivity contribution is 14.1. The maximum Gasteiger partial charge on any atom is 0.236 e. The Bertz CT molecular complexity index is 419. The molecule has 0 saturated heterocycles. The van der Waals surface area contributed by atoms with Crippen LogP contribution in [0.5, 0.6) is 0 Å². The highest BCUT2D eigenvalue weighted by Gasteiger charge is 2.10. The maximum absolute atomic E-state index is 11.5. The molecule has 0 aliphatic heterocycles. The highest BCUT2D eigenvalue weighted by Crippen LogP contribution is 2.08. The third kappa shape index (κ3) is 5.08. The van der Waals surface area contributed by atoms with Gasteiger partial charge in [-0.3, -0.25) is 4.72 Å². The van der Waals surface area contributed by atoms with Gasteiger partial charge in [-0.1, -0.05) is 0 Å². The summed E-state index contributed by atoms with van der Waals surface area (Å²) in [6, 6.07) is 3.41. The minimum absolute atomic E-state index is 0.0610. The van der Waals surface area contributed by atoms with Gasteiger partial charge in [0.2, 0.25) is 10.0 Å². The van der Waals surface area contributed by atoms with Gasteiger partial charge >= 0.3 is 0 Å². The van der Waals surface area contributed by atoms with Crippen molar-refractivity contribution >= 4 is 38.4 Å². The number of nitrogens with one attached hydrogen (secondary N) is 1. The Morgan fingerprint density at radius 1 is 1.50 bits per heavy atom. The molecule has 0 aliphatic carbocycles. The Labute approximate surface area is 109 Å². The first-order chi connectivity index (χ1) is 7.53. The number of ether oxygens (including phenoxy) is 1. The molecule has 0 radical (unpaired) electrons. The molecule has 0 saturated carbocycles. The summed E-state index contributed by atoms with van der Waals surface area (Å²) in [5, 5.41) is 0. The molecular weight excluding hydrogens is 343 g/mol. The van der Waals surface area contributed by atoms with Crippen LogP contribution in [0.4, 0.5) is 5.82 Å². The number of rotatable bonds is 6. The molecule has 1 heterocycles. The fourth-order valence-corrected chi connectivity index (χ4v) is 2.16. The molecule has 0 aliphatic rings. The van der Waals surface area contributed by atoms with E-state index in [1.165, 1.54) is 0 Å². The average Bonchev–Trinajstić information content (AvgIpc) is 2.21.